The quantitative estimate of drug-likeness (QED) is 0.0559. The first-order chi connectivity index (χ1) is 31.1. The van der Waals surface area contributed by atoms with Gasteiger partial charge in [-0.15, -0.1) is 0 Å². The second kappa shape index (κ2) is 19.2. The molecule has 0 saturated carbocycles. The molecule has 0 saturated heterocycles. The molecule has 8 aromatic rings. The van der Waals surface area contributed by atoms with Crippen molar-refractivity contribution in [2.24, 2.45) is 0 Å². The molecule has 8 aromatic carbocycles. The van der Waals surface area contributed by atoms with E-state index in [0.29, 0.717) is 64.1 Å². The number of ketones is 4. The van der Waals surface area contributed by atoms with Crippen LogP contribution < -0.4 is 14.3 Å². The van der Waals surface area contributed by atoms with E-state index in [2.05, 4.69) is 50.5 Å². The van der Waals surface area contributed by atoms with Gasteiger partial charge in [-0.3, -0.25) is 0 Å². The van der Waals surface area contributed by atoms with Crippen molar-refractivity contribution in [3.05, 3.63) is 237 Å². The van der Waals surface area contributed by atoms with Gasteiger partial charge < -0.3 is 0 Å². The van der Waals surface area contributed by atoms with E-state index >= 15 is 0 Å². The zero-order valence-corrected chi connectivity index (χ0v) is 42.5. The SMILES string of the molecule is Cc1ccc(C(=O)c2cc[c]([Sn]([c]3ccc(C(=O)c4ccc(C)cc4S)cc3)([c]3ccc(C(=O)c4ccc(C)cc4S)cc3)[c]3ccc(C(=O)c4ccc(C)cc4S)cc3)cc2)c(S)c1. The summed E-state index contributed by atoms with van der Waals surface area (Å²) in [5, 5.41) is 0. The minimum absolute atomic E-state index is 0.144. The Labute approximate surface area is 406 Å². The summed E-state index contributed by atoms with van der Waals surface area (Å²) >= 11 is 13.9. The topological polar surface area (TPSA) is 68.3 Å². The Morgan fingerprint density at radius 2 is 0.477 bits per heavy atom. The molecular formula is C56H44O4S4Sn. The van der Waals surface area contributed by atoms with E-state index in [-0.39, 0.29) is 23.1 Å². The molecule has 0 aliphatic rings. The number of carbonyl (C=O) groups excluding carboxylic acids is 4. The van der Waals surface area contributed by atoms with Crippen molar-refractivity contribution in [1.29, 1.82) is 0 Å². The molecule has 0 bridgehead atoms. The van der Waals surface area contributed by atoms with Crippen LogP contribution in [-0.4, -0.2) is 41.5 Å². The van der Waals surface area contributed by atoms with Crippen LogP contribution in [0.3, 0.4) is 0 Å². The fourth-order valence-corrected chi connectivity index (χ4v) is 23.3. The monoisotopic (exact) mass is 1030 g/mol. The molecule has 0 fully saturated rings. The molecule has 0 unspecified atom stereocenters. The number of thiol groups is 4. The third kappa shape index (κ3) is 9.25. The van der Waals surface area contributed by atoms with Crippen molar-refractivity contribution >= 4 is 106 Å². The third-order valence-corrected chi connectivity index (χ3v) is 27.1. The van der Waals surface area contributed by atoms with Gasteiger partial charge in [-0.25, -0.2) is 0 Å². The van der Waals surface area contributed by atoms with E-state index in [1.807, 2.05) is 173 Å². The Bertz CT molecular complexity index is 2740. The first kappa shape index (κ1) is 46.2. The molecule has 65 heavy (non-hydrogen) atoms. The van der Waals surface area contributed by atoms with E-state index in [1.165, 1.54) is 0 Å². The second-order valence-corrected chi connectivity index (χ2v) is 29.3. The van der Waals surface area contributed by atoms with Crippen molar-refractivity contribution in [3.63, 3.8) is 0 Å². The van der Waals surface area contributed by atoms with Crippen LogP contribution in [0.4, 0.5) is 0 Å². The van der Waals surface area contributed by atoms with Crippen LogP contribution in [0.25, 0.3) is 0 Å². The van der Waals surface area contributed by atoms with Crippen molar-refractivity contribution in [2.45, 2.75) is 47.3 Å². The molecule has 0 aliphatic carbocycles. The first-order valence-corrected chi connectivity index (χ1v) is 28.4. The molecule has 0 aromatic heterocycles. The standard InChI is InChI=1S/4C14H11OS.Sn/c4*1-10-7-8-12(13(16)9-10)14(15)11-5-3-2-4-6-11;/h4*3-9,16H,1H3;. The second-order valence-electron chi connectivity index (χ2n) is 16.5. The summed E-state index contributed by atoms with van der Waals surface area (Å²) in [5.41, 5.74) is 8.12. The van der Waals surface area contributed by atoms with Crippen LogP contribution in [0.1, 0.15) is 85.9 Å². The van der Waals surface area contributed by atoms with Crippen molar-refractivity contribution in [3.8, 4) is 0 Å². The van der Waals surface area contributed by atoms with Crippen LogP contribution in [0, 0.1) is 27.7 Å². The van der Waals surface area contributed by atoms with Gasteiger partial charge in [0, 0.05) is 0 Å². The molecule has 0 radical (unpaired) electrons. The fourth-order valence-electron chi connectivity index (χ4n) is 8.44. The maximum atomic E-state index is 14.0. The molecule has 0 aliphatic heterocycles. The Morgan fingerprint density at radius 3 is 0.646 bits per heavy atom. The minimum atomic E-state index is -4.61. The first-order valence-electron chi connectivity index (χ1n) is 20.9. The number of hydrogen-bond donors (Lipinski definition) is 4. The maximum absolute atomic E-state index is 14.0. The number of rotatable bonds is 12. The Morgan fingerprint density at radius 1 is 0.292 bits per heavy atom. The molecule has 320 valence electrons. The normalized spacial score (nSPS) is 11.3. The molecule has 0 amide bonds. The van der Waals surface area contributed by atoms with Crippen LogP contribution in [0.2, 0.25) is 0 Å². The van der Waals surface area contributed by atoms with E-state index in [4.69, 9.17) is 0 Å². The van der Waals surface area contributed by atoms with Gasteiger partial charge in [0.05, 0.1) is 0 Å². The van der Waals surface area contributed by atoms with Crippen LogP contribution >= 0.6 is 50.5 Å². The summed E-state index contributed by atoms with van der Waals surface area (Å²) in [4.78, 5) is 58.4. The van der Waals surface area contributed by atoms with Gasteiger partial charge in [0.1, 0.15) is 0 Å². The van der Waals surface area contributed by atoms with Crippen LogP contribution in [0.15, 0.2) is 189 Å². The molecule has 4 nitrogen and oxygen atoms in total. The summed E-state index contributed by atoms with van der Waals surface area (Å²) in [6.45, 7) is 7.85. The molecule has 9 heteroatoms. The Balaban J connectivity index is 1.32. The van der Waals surface area contributed by atoms with Crippen LogP contribution in [-0.2, 0) is 0 Å². The van der Waals surface area contributed by atoms with Crippen LogP contribution in [0.5, 0.6) is 0 Å². The molecule has 8 rings (SSSR count). The number of carbonyl (C=O) groups is 4. The Hall–Kier alpha value is -5.36. The summed E-state index contributed by atoms with van der Waals surface area (Å²) in [7, 11) is 0. The zero-order valence-electron chi connectivity index (χ0n) is 36.1. The molecule has 0 atom stereocenters. The van der Waals surface area contributed by atoms with Crippen molar-refractivity contribution in [2.75, 3.05) is 0 Å². The van der Waals surface area contributed by atoms with E-state index in [0.717, 1.165) is 36.6 Å². The van der Waals surface area contributed by atoms with Gasteiger partial charge in [-0.1, -0.05) is 0 Å². The van der Waals surface area contributed by atoms with Crippen molar-refractivity contribution < 1.29 is 19.2 Å². The molecular weight excluding hydrogens is 984 g/mol. The zero-order chi connectivity index (χ0) is 46.2. The van der Waals surface area contributed by atoms with Gasteiger partial charge in [0.15, 0.2) is 0 Å². The predicted molar refractivity (Wildman–Crippen MR) is 278 cm³/mol. The van der Waals surface area contributed by atoms with Gasteiger partial charge in [0.25, 0.3) is 0 Å². The van der Waals surface area contributed by atoms with E-state index < -0.39 is 18.4 Å². The number of hydrogen-bond acceptors (Lipinski definition) is 8. The van der Waals surface area contributed by atoms with E-state index in [9.17, 15) is 19.2 Å². The predicted octanol–water partition coefficient (Wildman–Crippen LogP) is 10.4. The summed E-state index contributed by atoms with van der Waals surface area (Å²) in [5.74, 6) is -0.574. The summed E-state index contributed by atoms with van der Waals surface area (Å²) in [6, 6.07) is 53.6. The van der Waals surface area contributed by atoms with Gasteiger partial charge in [-0.05, 0) is 0 Å². The molecule has 0 heterocycles. The number of aryl methyl sites for hydroxylation is 4. The van der Waals surface area contributed by atoms with E-state index in [1.54, 1.807) is 24.3 Å². The van der Waals surface area contributed by atoms with Gasteiger partial charge >= 0.3 is 409 Å². The third-order valence-electron chi connectivity index (χ3n) is 11.9. The van der Waals surface area contributed by atoms with Gasteiger partial charge in [0.2, 0.25) is 0 Å². The fraction of sp³-hybridized carbons (Fsp3) is 0.0714. The molecule has 0 spiro atoms. The molecule has 0 N–H and O–H groups in total. The average Bonchev–Trinajstić information content (AvgIpc) is 3.29. The van der Waals surface area contributed by atoms with Gasteiger partial charge in [-0.2, -0.15) is 0 Å². The Kier molecular flexibility index (Phi) is 13.7. The number of benzene rings is 8. The summed E-state index contributed by atoms with van der Waals surface area (Å²) in [6.07, 6.45) is 0. The van der Waals surface area contributed by atoms with Crippen molar-refractivity contribution in [1.82, 2.24) is 0 Å². The average molecular weight is 1030 g/mol. The summed E-state index contributed by atoms with van der Waals surface area (Å²) < 4.78 is 4.02.